The average molecular weight is 1490 g/mol. The molecule has 1 heterocycles. The van der Waals surface area contributed by atoms with E-state index in [1.165, 1.54) is 22.0 Å². The molecule has 0 aliphatic heterocycles. The Balaban J connectivity index is 0.000000254. The van der Waals surface area contributed by atoms with Crippen molar-refractivity contribution in [3.63, 3.8) is 0 Å². The number of phenolic OH excluding ortho intramolecular Hbond substituents is 2. The van der Waals surface area contributed by atoms with E-state index in [-0.39, 0.29) is 80.5 Å². The quantitative estimate of drug-likeness (QED) is 0.0690. The Hall–Kier alpha value is -5.92. The number of para-hydroxylation sites is 1. The van der Waals surface area contributed by atoms with Gasteiger partial charge in [0.1, 0.15) is 34.0 Å². The third-order valence-corrected chi connectivity index (χ3v) is 11.2. The third kappa shape index (κ3) is 17.4. The fraction of sp³-hybridized carbons (Fsp3) is 0.123. The van der Waals surface area contributed by atoms with Crippen LogP contribution >= 0.6 is 8.60 Å². The summed E-state index contributed by atoms with van der Waals surface area (Å²) in [6.07, 6.45) is 0. The monoisotopic (exact) mass is 1490 g/mol. The number of benzene rings is 8. The van der Waals surface area contributed by atoms with Crippen LogP contribution in [0.3, 0.4) is 0 Å². The number of phenols is 2. The summed E-state index contributed by atoms with van der Waals surface area (Å²) in [6, 6.07) is 54.7. The number of aryl methyl sites for hydroxylation is 7. The third-order valence-electron chi connectivity index (χ3n) is 10.3. The van der Waals surface area contributed by atoms with E-state index in [2.05, 4.69) is 66.8 Å². The minimum absolute atomic E-state index is 0. The molecule has 0 saturated carbocycles. The number of carbonyl (C=O) groups is 1. The molecule has 0 aliphatic rings. The number of hydrogen-bond acceptors (Lipinski definition) is 9. The van der Waals surface area contributed by atoms with Crippen LogP contribution in [0.25, 0.3) is 22.5 Å². The maximum Gasteiger partial charge on any atom is 0.429 e. The topological polar surface area (TPSA) is 152 Å². The van der Waals surface area contributed by atoms with E-state index in [1.54, 1.807) is 54.6 Å². The van der Waals surface area contributed by atoms with Crippen molar-refractivity contribution in [3.05, 3.63) is 239 Å². The number of hydrogen-bond donors (Lipinski definition) is 3. The van der Waals surface area contributed by atoms with Crippen LogP contribution in [0.4, 0.5) is 17.1 Å². The summed E-state index contributed by atoms with van der Waals surface area (Å²) in [5, 5.41) is 31.2. The SMILES string of the molecule is Cc1ccc(O)c(-n2nc3ccccc3n2)c1.O=C(c1ccccc1)c1cc[c-]cc1O.[CH2-]OP(Oc1c(C)cc(C)cc1C)Oc1c(C)cc(C)cc1C.[NH-]c1ccc(Nc2ccccc2)cc1.[W].[W].[W]. The van der Waals surface area contributed by atoms with Gasteiger partial charge < -0.3 is 34.8 Å². The summed E-state index contributed by atoms with van der Waals surface area (Å²) in [7, 11) is 1.90. The Bertz CT molecular complexity index is 2990. The Kier molecular flexibility index (Phi) is 24.8. The van der Waals surface area contributed by atoms with Gasteiger partial charge in [0.2, 0.25) is 0 Å². The van der Waals surface area contributed by atoms with Gasteiger partial charge in [-0.1, -0.05) is 114 Å². The largest absolute Gasteiger partial charge is 0.699 e. The van der Waals surface area contributed by atoms with E-state index in [1.807, 2.05) is 120 Å². The Labute approximate surface area is 467 Å². The maximum atomic E-state index is 11.9. The van der Waals surface area contributed by atoms with E-state index in [9.17, 15) is 15.0 Å². The first-order valence-electron chi connectivity index (χ1n) is 22.0. The minimum Gasteiger partial charge on any atom is -0.699 e. The van der Waals surface area contributed by atoms with Gasteiger partial charge in [0.05, 0.1) is 0 Å². The Morgan fingerprint density at radius 2 is 1.07 bits per heavy atom. The molecule has 0 bridgehead atoms. The van der Waals surface area contributed by atoms with Crippen molar-refractivity contribution >= 4 is 42.5 Å². The number of aromatic nitrogens is 3. The van der Waals surface area contributed by atoms with E-state index in [0.717, 1.165) is 61.7 Å². The summed E-state index contributed by atoms with van der Waals surface area (Å²) >= 11 is 0. The smallest absolute Gasteiger partial charge is 0.429 e. The van der Waals surface area contributed by atoms with Crippen LogP contribution in [0.5, 0.6) is 23.0 Å². The zero-order chi connectivity index (χ0) is 49.5. The van der Waals surface area contributed by atoms with E-state index < -0.39 is 8.60 Å². The molecule has 0 amide bonds. The van der Waals surface area contributed by atoms with Gasteiger partial charge in [-0.3, -0.25) is 4.79 Å². The van der Waals surface area contributed by atoms with Crippen LogP contribution < -0.4 is 14.4 Å². The molecule has 0 spiro atoms. The predicted molar refractivity (Wildman–Crippen MR) is 278 cm³/mol. The van der Waals surface area contributed by atoms with Crippen molar-refractivity contribution in [2.24, 2.45) is 0 Å². The summed E-state index contributed by atoms with van der Waals surface area (Å²) in [6.45, 7) is 14.2. The second-order valence-electron chi connectivity index (χ2n) is 16.2. The first kappa shape index (κ1) is 60.4. The summed E-state index contributed by atoms with van der Waals surface area (Å²) in [5.74, 6) is 1.56. The van der Waals surface area contributed by atoms with Crippen LogP contribution in [0.15, 0.2) is 170 Å². The van der Waals surface area contributed by atoms with Crippen molar-refractivity contribution in [1.29, 1.82) is 0 Å². The molecule has 9 rings (SSSR count). The first-order valence-corrected chi connectivity index (χ1v) is 23.1. The zero-order valence-corrected chi connectivity index (χ0v) is 50.6. The fourth-order valence-corrected chi connectivity index (χ4v) is 8.22. The van der Waals surface area contributed by atoms with Crippen LogP contribution in [-0.4, -0.2) is 31.0 Å². The molecule has 8 aromatic carbocycles. The second-order valence-corrected chi connectivity index (χ2v) is 17.2. The maximum absolute atomic E-state index is 11.9. The standard InChI is InChI=1S/C19H24O3P.C13H11N3O.C13H9O2.C12H11N2.3W/c1-12-8-14(3)18(15(4)9-12)21-23(20-7)22-19-16(5)10-13(2)11-17(19)6;1-9-6-7-13(17)12(8-9)16-14-10-4-2-3-5-11(10)15-16;14-12-9-5-4-8-11(12)13(15)10-6-2-1-3-7-10;13-10-6-8-12(9-7-10)14-11-4-2-1-3-5-11;;;/h8-11H,7H2,1-6H3;2-8,17H,1H3;1-4,6-9,14H;1-9,13-14H;;;/q-1;;2*-1;;;. The molecule has 4 N–H and O–H groups in total. The van der Waals surface area contributed by atoms with Gasteiger partial charge in [0, 0.05) is 85.9 Å². The fourth-order valence-electron chi connectivity index (χ4n) is 7.20. The zero-order valence-electron chi connectivity index (χ0n) is 40.9. The van der Waals surface area contributed by atoms with Crippen molar-refractivity contribution in [2.75, 3.05) is 5.32 Å². The summed E-state index contributed by atoms with van der Waals surface area (Å²) < 4.78 is 17.2. The number of nitrogens with one attached hydrogen (secondary N) is 2. The molecule has 9 aromatic rings. The minimum atomic E-state index is -1.61. The van der Waals surface area contributed by atoms with Crippen molar-refractivity contribution < 1.29 is 91.8 Å². The molecule has 11 nitrogen and oxygen atoms in total. The average Bonchev–Trinajstić information content (AvgIpc) is 3.78. The molecule has 0 aliphatic carbocycles. The number of carbonyl (C=O) groups excluding carboxylic acids is 1. The molecule has 1 aromatic heterocycles. The van der Waals surface area contributed by atoms with Gasteiger partial charge in [-0.25, -0.2) is 7.11 Å². The first-order chi connectivity index (χ1) is 33.2. The molecular weight excluding hydrogens is 1430 g/mol. The van der Waals surface area contributed by atoms with E-state index >= 15 is 0 Å². The molecule has 0 saturated heterocycles. The number of fused-ring (bicyclic) bond motifs is 1. The van der Waals surface area contributed by atoms with Gasteiger partial charge in [-0.15, -0.1) is 26.7 Å². The van der Waals surface area contributed by atoms with Gasteiger partial charge in [-0.2, -0.15) is 18.2 Å². The number of rotatable bonds is 10. The van der Waals surface area contributed by atoms with Gasteiger partial charge >= 0.3 is 8.60 Å². The van der Waals surface area contributed by atoms with Crippen LogP contribution in [0, 0.1) is 61.6 Å². The molecule has 15 heteroatoms. The molecule has 0 atom stereocenters. The molecule has 0 unspecified atom stereocenters. The number of aromatic hydroxyl groups is 2. The number of nitrogens with zero attached hydrogens (tertiary/aromatic N) is 3. The van der Waals surface area contributed by atoms with E-state index in [0.29, 0.717) is 22.5 Å². The van der Waals surface area contributed by atoms with E-state index in [4.69, 9.17) is 19.3 Å². The second kappa shape index (κ2) is 29.6. The van der Waals surface area contributed by atoms with Crippen molar-refractivity contribution in [1.82, 2.24) is 15.0 Å². The van der Waals surface area contributed by atoms with Crippen LogP contribution in [0.1, 0.15) is 54.9 Å². The molecule has 72 heavy (non-hydrogen) atoms. The molecule has 0 fully saturated rings. The molecule has 0 radical (unpaired) electrons. The number of anilines is 2. The molecule has 370 valence electrons. The normalized spacial score (nSPS) is 10.0. The number of ketones is 1. The summed E-state index contributed by atoms with van der Waals surface area (Å²) in [4.78, 5) is 13.4. The van der Waals surface area contributed by atoms with Gasteiger partial charge in [0.25, 0.3) is 0 Å². The van der Waals surface area contributed by atoms with Gasteiger partial charge in [-0.05, 0) is 130 Å². The van der Waals surface area contributed by atoms with Crippen LogP contribution in [-0.2, 0) is 67.7 Å². The predicted octanol–water partition coefficient (Wildman–Crippen LogP) is 15.0. The summed E-state index contributed by atoms with van der Waals surface area (Å²) in [5.41, 5.74) is 20.8. The van der Waals surface area contributed by atoms with Gasteiger partial charge in [0.15, 0.2) is 5.78 Å². The Morgan fingerprint density at radius 3 is 1.56 bits per heavy atom. The Morgan fingerprint density at radius 1 is 0.597 bits per heavy atom. The van der Waals surface area contributed by atoms with Crippen LogP contribution in [0.2, 0.25) is 0 Å². The molecular formula is C57H55N5O6PW3-3. The van der Waals surface area contributed by atoms with Crippen molar-refractivity contribution in [2.45, 2.75) is 48.5 Å². The van der Waals surface area contributed by atoms with Crippen molar-refractivity contribution in [3.8, 4) is 28.7 Å².